The summed E-state index contributed by atoms with van der Waals surface area (Å²) in [7, 11) is 1.26. The molecular weight excluding hydrogens is 364 g/mol. The van der Waals surface area contributed by atoms with Crippen molar-refractivity contribution in [3.63, 3.8) is 0 Å². The maximum atomic E-state index is 13.2. The number of nitrogens with zero attached hydrogens (tertiary/aromatic N) is 2. The number of aromatic nitrogens is 2. The van der Waals surface area contributed by atoms with Gasteiger partial charge in [0.2, 0.25) is 0 Å². The second-order valence-corrected chi connectivity index (χ2v) is 7.26. The van der Waals surface area contributed by atoms with Gasteiger partial charge in [-0.15, -0.1) is 11.3 Å². The third-order valence-electron chi connectivity index (χ3n) is 4.43. The Morgan fingerprint density at radius 1 is 1.26 bits per heavy atom. The molecule has 1 atom stereocenters. The molecule has 2 aromatic heterocycles. The Labute approximate surface area is 160 Å². The molecule has 1 aromatic carbocycles. The summed E-state index contributed by atoms with van der Waals surface area (Å²) < 4.78 is 6.07. The van der Waals surface area contributed by atoms with Gasteiger partial charge in [-0.25, -0.2) is 4.98 Å². The molecule has 140 valence electrons. The maximum absolute atomic E-state index is 13.2. The molecule has 1 unspecified atom stereocenters. The number of esters is 1. The molecule has 3 rings (SSSR count). The second-order valence-electron chi connectivity index (χ2n) is 6.15. The van der Waals surface area contributed by atoms with E-state index in [1.54, 1.807) is 37.3 Å². The van der Waals surface area contributed by atoms with Crippen LogP contribution in [0.25, 0.3) is 10.2 Å². The number of benzene rings is 1. The van der Waals surface area contributed by atoms with Crippen LogP contribution < -0.4 is 5.56 Å². The molecule has 6 nitrogen and oxygen atoms in total. The maximum Gasteiger partial charge on any atom is 0.308 e. The Morgan fingerprint density at radius 2 is 1.96 bits per heavy atom. The van der Waals surface area contributed by atoms with E-state index in [2.05, 4.69) is 4.98 Å². The summed E-state index contributed by atoms with van der Waals surface area (Å²) in [5.41, 5.74) is 0.115. The van der Waals surface area contributed by atoms with Crippen molar-refractivity contribution in [2.45, 2.75) is 32.7 Å². The van der Waals surface area contributed by atoms with Crippen LogP contribution >= 0.6 is 11.3 Å². The van der Waals surface area contributed by atoms with Crippen molar-refractivity contribution in [3.05, 3.63) is 63.0 Å². The molecule has 2 heterocycles. The number of rotatable bonds is 6. The molecule has 0 radical (unpaired) electrons. The lowest BCUT2D eigenvalue weighted by atomic mass is 10.0. The minimum Gasteiger partial charge on any atom is -0.469 e. The number of carbonyl (C=O) groups excluding carboxylic acids is 2. The van der Waals surface area contributed by atoms with Gasteiger partial charge in [0.15, 0.2) is 5.78 Å². The molecule has 0 bridgehead atoms. The van der Waals surface area contributed by atoms with Gasteiger partial charge in [-0.2, -0.15) is 0 Å². The Kier molecular flexibility index (Phi) is 5.51. The average molecular weight is 384 g/mol. The van der Waals surface area contributed by atoms with E-state index in [0.29, 0.717) is 21.6 Å². The molecule has 0 aliphatic rings. The number of ketones is 1. The number of hydrogen-bond donors (Lipinski definition) is 0. The zero-order valence-electron chi connectivity index (χ0n) is 15.4. The first-order chi connectivity index (χ1) is 13.0. The van der Waals surface area contributed by atoms with Crippen molar-refractivity contribution in [1.29, 1.82) is 0 Å². The van der Waals surface area contributed by atoms with Gasteiger partial charge in [-0.05, 0) is 19.4 Å². The molecule has 7 heteroatoms. The van der Waals surface area contributed by atoms with Crippen molar-refractivity contribution in [1.82, 2.24) is 9.55 Å². The lowest BCUT2D eigenvalue weighted by molar-refractivity contribution is -0.141. The van der Waals surface area contributed by atoms with E-state index < -0.39 is 12.0 Å². The van der Waals surface area contributed by atoms with Crippen LogP contribution in [0.1, 0.15) is 40.4 Å². The number of fused-ring (bicyclic) bond motifs is 1. The summed E-state index contributed by atoms with van der Waals surface area (Å²) in [6.07, 6.45) is 0.566. The zero-order chi connectivity index (χ0) is 19.6. The Balaban J connectivity index is 2.18. The van der Waals surface area contributed by atoms with Crippen molar-refractivity contribution in [2.75, 3.05) is 7.11 Å². The van der Waals surface area contributed by atoms with Gasteiger partial charge in [-0.1, -0.05) is 37.3 Å². The van der Waals surface area contributed by atoms with Crippen LogP contribution in [-0.4, -0.2) is 28.4 Å². The normalized spacial score (nSPS) is 12.1. The summed E-state index contributed by atoms with van der Waals surface area (Å²) in [5.74, 6) is -0.483. The summed E-state index contributed by atoms with van der Waals surface area (Å²) in [5, 5.41) is 0.471. The molecule has 0 saturated heterocycles. The molecule has 0 fully saturated rings. The van der Waals surface area contributed by atoms with Gasteiger partial charge < -0.3 is 4.74 Å². The van der Waals surface area contributed by atoms with E-state index >= 15 is 0 Å². The van der Waals surface area contributed by atoms with Crippen molar-refractivity contribution in [2.24, 2.45) is 0 Å². The van der Waals surface area contributed by atoms with Gasteiger partial charge in [0, 0.05) is 10.4 Å². The van der Waals surface area contributed by atoms with E-state index in [1.807, 2.05) is 13.0 Å². The van der Waals surface area contributed by atoms with E-state index in [9.17, 15) is 14.4 Å². The third-order valence-corrected chi connectivity index (χ3v) is 5.61. The number of hydrogen-bond acceptors (Lipinski definition) is 6. The van der Waals surface area contributed by atoms with Crippen LogP contribution in [0.15, 0.2) is 41.2 Å². The first-order valence-electron chi connectivity index (χ1n) is 8.63. The van der Waals surface area contributed by atoms with Crippen molar-refractivity contribution < 1.29 is 14.3 Å². The Hall–Kier alpha value is -2.80. The topological polar surface area (TPSA) is 78.3 Å². The fraction of sp³-hybridized carbons (Fsp3) is 0.300. The predicted octanol–water partition coefficient (Wildman–Crippen LogP) is 3.32. The zero-order valence-corrected chi connectivity index (χ0v) is 16.2. The highest BCUT2D eigenvalue weighted by atomic mass is 32.1. The standard InChI is InChI=1S/C20H20N2O4S/c1-4-14-10-15-19(27-14)21-12(2)22(20(15)25)16(11-17(23)26-3)18(24)13-8-6-5-7-9-13/h5-10,16H,4,11H2,1-3H3. The molecular formula is C20H20N2O4S. The number of aryl methyl sites for hydroxylation is 2. The highest BCUT2D eigenvalue weighted by Crippen LogP contribution is 2.25. The number of methoxy groups -OCH3 is 1. The fourth-order valence-electron chi connectivity index (χ4n) is 3.02. The van der Waals surface area contributed by atoms with Crippen molar-refractivity contribution in [3.8, 4) is 0 Å². The minimum absolute atomic E-state index is 0.233. The molecule has 0 aliphatic heterocycles. The minimum atomic E-state index is -1.01. The summed E-state index contributed by atoms with van der Waals surface area (Å²) in [6, 6.07) is 9.42. The first kappa shape index (κ1) is 19.0. The molecule has 0 amide bonds. The number of ether oxygens (including phenoxy) is 1. The van der Waals surface area contributed by atoms with Gasteiger partial charge in [-0.3, -0.25) is 19.0 Å². The molecule has 0 saturated carbocycles. The SMILES string of the molecule is CCc1cc2c(=O)n(C(CC(=O)OC)C(=O)c3ccccc3)c(C)nc2s1. The first-order valence-corrected chi connectivity index (χ1v) is 9.45. The van der Waals surface area contributed by atoms with Gasteiger partial charge >= 0.3 is 5.97 Å². The van der Waals surface area contributed by atoms with Crippen LogP contribution in [0.3, 0.4) is 0 Å². The second kappa shape index (κ2) is 7.84. The van der Waals surface area contributed by atoms with Crippen LogP contribution in [0, 0.1) is 6.92 Å². The third kappa shape index (κ3) is 3.68. The molecule has 3 aromatic rings. The van der Waals surface area contributed by atoms with Crippen LogP contribution in [-0.2, 0) is 16.0 Å². The van der Waals surface area contributed by atoms with E-state index in [1.165, 1.54) is 23.0 Å². The summed E-state index contributed by atoms with van der Waals surface area (Å²) >= 11 is 1.47. The van der Waals surface area contributed by atoms with Gasteiger partial charge in [0.1, 0.15) is 16.7 Å². The highest BCUT2D eigenvalue weighted by molar-refractivity contribution is 7.18. The number of thiophene rings is 1. The highest BCUT2D eigenvalue weighted by Gasteiger charge is 2.29. The number of carbonyl (C=O) groups is 2. The Bertz CT molecular complexity index is 1050. The fourth-order valence-corrected chi connectivity index (χ4v) is 4.03. The van der Waals surface area contributed by atoms with Crippen molar-refractivity contribution >= 4 is 33.3 Å². The molecule has 0 aliphatic carbocycles. The van der Waals surface area contributed by atoms with Crippen LogP contribution in [0.2, 0.25) is 0 Å². The van der Waals surface area contributed by atoms with E-state index in [4.69, 9.17) is 4.74 Å². The largest absolute Gasteiger partial charge is 0.469 e. The van der Waals surface area contributed by atoms with Gasteiger partial charge in [0.05, 0.1) is 18.9 Å². The average Bonchev–Trinajstić information content (AvgIpc) is 3.10. The van der Waals surface area contributed by atoms with E-state index in [0.717, 1.165) is 11.3 Å². The molecule has 0 spiro atoms. The summed E-state index contributed by atoms with van der Waals surface area (Å²) in [4.78, 5) is 44.4. The predicted molar refractivity (Wildman–Crippen MR) is 104 cm³/mol. The molecule has 0 N–H and O–H groups in total. The van der Waals surface area contributed by atoms with E-state index in [-0.39, 0.29) is 17.8 Å². The lowest BCUT2D eigenvalue weighted by Gasteiger charge is -2.20. The number of Topliss-reactive ketones (excluding diaryl/α,β-unsaturated/α-hetero) is 1. The van der Waals surface area contributed by atoms with Crippen LogP contribution in [0.4, 0.5) is 0 Å². The smallest absolute Gasteiger partial charge is 0.308 e. The molecule has 27 heavy (non-hydrogen) atoms. The monoisotopic (exact) mass is 384 g/mol. The lowest BCUT2D eigenvalue weighted by Crippen LogP contribution is -2.34. The Morgan fingerprint density at radius 3 is 2.59 bits per heavy atom. The van der Waals surface area contributed by atoms with Gasteiger partial charge in [0.25, 0.3) is 5.56 Å². The quantitative estimate of drug-likeness (QED) is 0.481. The summed E-state index contributed by atoms with van der Waals surface area (Å²) in [6.45, 7) is 3.68. The van der Waals surface area contributed by atoms with Crippen LogP contribution in [0.5, 0.6) is 0 Å².